The number of hydrazine groups is 1. The molecule has 0 unspecified atom stereocenters. The van der Waals surface area contributed by atoms with Crippen LogP contribution in [0.4, 0.5) is 5.69 Å². The first kappa shape index (κ1) is 20.4. The summed E-state index contributed by atoms with van der Waals surface area (Å²) in [5.41, 5.74) is 2.57. The first-order valence-corrected chi connectivity index (χ1v) is 10.0. The van der Waals surface area contributed by atoms with Crippen LogP contribution in [0.25, 0.3) is 21.8 Å². The van der Waals surface area contributed by atoms with Crippen LogP contribution in [0.1, 0.15) is 5.56 Å². The molecule has 0 saturated carbocycles. The number of nitrogens with two attached hydrogens (primary N) is 1. The van der Waals surface area contributed by atoms with Gasteiger partial charge in [-0.05, 0) is 43.3 Å². The van der Waals surface area contributed by atoms with Crippen molar-refractivity contribution in [2.45, 2.75) is 11.8 Å². The van der Waals surface area contributed by atoms with Gasteiger partial charge in [-0.15, -0.1) is 12.4 Å². The number of pyridine rings is 1. The summed E-state index contributed by atoms with van der Waals surface area (Å²) in [7, 11) is -3.96. The Bertz CT molecular complexity index is 1280. The van der Waals surface area contributed by atoms with Gasteiger partial charge in [-0.25, -0.2) is 15.2 Å². The van der Waals surface area contributed by atoms with Crippen LogP contribution in [0.3, 0.4) is 0 Å². The Kier molecular flexibility index (Phi) is 5.50. The molecular weight excluding hydrogens is 417 g/mol. The molecule has 144 valence electrons. The Morgan fingerprint density at radius 3 is 2.29 bits per heavy atom. The van der Waals surface area contributed by atoms with Crippen LogP contribution in [-0.4, -0.2) is 13.4 Å². The largest absolute Gasteiger partial charge is 0.277 e. The summed E-state index contributed by atoms with van der Waals surface area (Å²) >= 11 is 6.16. The number of sulfonamides is 1. The first-order valence-electron chi connectivity index (χ1n) is 8.22. The SMILES string of the molecule is Cc1ccc(S(=O)(=O)N(N)c2c3ccccc3nc3ccc(Cl)cc23)cc1.Cl. The Balaban J connectivity index is 0.00000225. The van der Waals surface area contributed by atoms with Crippen molar-refractivity contribution >= 4 is 61.5 Å². The molecule has 28 heavy (non-hydrogen) atoms. The van der Waals surface area contributed by atoms with Crippen LogP contribution in [-0.2, 0) is 10.0 Å². The number of aryl methyl sites for hydroxylation is 1. The minimum Gasteiger partial charge on any atom is -0.248 e. The molecule has 0 radical (unpaired) electrons. The zero-order valence-corrected chi connectivity index (χ0v) is 17.2. The first-order chi connectivity index (χ1) is 12.9. The highest BCUT2D eigenvalue weighted by Gasteiger charge is 2.26. The van der Waals surface area contributed by atoms with Gasteiger partial charge in [-0.2, -0.15) is 8.42 Å². The second kappa shape index (κ2) is 7.56. The number of halogens is 2. The van der Waals surface area contributed by atoms with Crippen LogP contribution in [0, 0.1) is 6.92 Å². The van der Waals surface area contributed by atoms with E-state index in [1.807, 2.05) is 25.1 Å². The van der Waals surface area contributed by atoms with Crippen LogP contribution < -0.4 is 10.3 Å². The second-order valence-electron chi connectivity index (χ2n) is 6.25. The minimum absolute atomic E-state index is 0. The van der Waals surface area contributed by atoms with E-state index in [4.69, 9.17) is 17.4 Å². The van der Waals surface area contributed by atoms with E-state index in [0.717, 1.165) is 9.98 Å². The monoisotopic (exact) mass is 433 g/mol. The molecule has 0 saturated heterocycles. The Morgan fingerprint density at radius 1 is 0.929 bits per heavy atom. The quantitative estimate of drug-likeness (QED) is 0.284. The number of aromatic nitrogens is 1. The number of nitrogens with zero attached hydrogens (tertiary/aromatic N) is 2. The molecule has 0 fully saturated rings. The molecule has 0 bridgehead atoms. The third kappa shape index (κ3) is 3.40. The summed E-state index contributed by atoms with van der Waals surface area (Å²) in [5.74, 6) is 6.20. The average molecular weight is 434 g/mol. The van der Waals surface area contributed by atoms with E-state index in [0.29, 0.717) is 32.5 Å². The molecular formula is C20H17Cl2N3O2S. The van der Waals surface area contributed by atoms with Gasteiger partial charge in [0.2, 0.25) is 0 Å². The Hall–Kier alpha value is -2.38. The summed E-state index contributed by atoms with van der Waals surface area (Å²) in [6.45, 7) is 1.89. The smallest absolute Gasteiger partial charge is 0.248 e. The molecule has 8 heteroatoms. The highest BCUT2D eigenvalue weighted by atomic mass is 35.5. The lowest BCUT2D eigenvalue weighted by atomic mass is 10.1. The lowest BCUT2D eigenvalue weighted by Crippen LogP contribution is -2.37. The van der Waals surface area contributed by atoms with E-state index < -0.39 is 10.0 Å². The lowest BCUT2D eigenvalue weighted by molar-refractivity contribution is 0.592. The van der Waals surface area contributed by atoms with Crippen molar-refractivity contribution < 1.29 is 8.42 Å². The van der Waals surface area contributed by atoms with Gasteiger partial charge >= 0.3 is 0 Å². The highest BCUT2D eigenvalue weighted by Crippen LogP contribution is 2.36. The van der Waals surface area contributed by atoms with Gasteiger partial charge in [-0.3, -0.25) is 0 Å². The van der Waals surface area contributed by atoms with Crippen LogP contribution in [0.15, 0.2) is 71.6 Å². The molecule has 0 spiro atoms. The molecule has 0 aliphatic rings. The molecule has 1 aromatic heterocycles. The molecule has 4 aromatic rings. The van der Waals surface area contributed by atoms with Gasteiger partial charge in [-0.1, -0.05) is 47.5 Å². The normalized spacial score (nSPS) is 11.4. The molecule has 1 heterocycles. The van der Waals surface area contributed by atoms with Gasteiger partial charge < -0.3 is 0 Å². The predicted molar refractivity (Wildman–Crippen MR) is 117 cm³/mol. The van der Waals surface area contributed by atoms with E-state index in [1.165, 1.54) is 0 Å². The number of hydrogen-bond donors (Lipinski definition) is 1. The maximum Gasteiger partial charge on any atom is 0.277 e. The summed E-state index contributed by atoms with van der Waals surface area (Å²) in [6, 6.07) is 19.0. The number of fused-ring (bicyclic) bond motifs is 2. The summed E-state index contributed by atoms with van der Waals surface area (Å²) < 4.78 is 27.1. The van der Waals surface area contributed by atoms with Crippen LogP contribution in [0.5, 0.6) is 0 Å². The van der Waals surface area contributed by atoms with Crippen molar-refractivity contribution in [3.8, 4) is 0 Å². The fourth-order valence-electron chi connectivity index (χ4n) is 3.02. The van der Waals surface area contributed by atoms with Crippen molar-refractivity contribution in [3.63, 3.8) is 0 Å². The lowest BCUT2D eigenvalue weighted by Gasteiger charge is -2.22. The van der Waals surface area contributed by atoms with Gasteiger partial charge in [0.1, 0.15) is 0 Å². The van der Waals surface area contributed by atoms with Crippen LogP contribution in [0.2, 0.25) is 5.02 Å². The van der Waals surface area contributed by atoms with Gasteiger partial charge in [0.25, 0.3) is 10.0 Å². The molecule has 0 aliphatic heterocycles. The van der Waals surface area contributed by atoms with E-state index in [-0.39, 0.29) is 17.3 Å². The number of anilines is 1. The fraction of sp³-hybridized carbons (Fsp3) is 0.0500. The van der Waals surface area contributed by atoms with Crippen molar-refractivity contribution in [2.24, 2.45) is 5.84 Å². The maximum absolute atomic E-state index is 13.2. The number of hydrogen-bond acceptors (Lipinski definition) is 4. The van der Waals surface area contributed by atoms with Crippen molar-refractivity contribution in [1.29, 1.82) is 0 Å². The van der Waals surface area contributed by atoms with Gasteiger partial charge in [0, 0.05) is 15.8 Å². The summed E-state index contributed by atoms with van der Waals surface area (Å²) in [4.78, 5) is 4.71. The fourth-order valence-corrected chi connectivity index (χ4v) is 4.34. The van der Waals surface area contributed by atoms with Crippen molar-refractivity contribution in [1.82, 2.24) is 4.98 Å². The Labute approximate surface area is 174 Å². The van der Waals surface area contributed by atoms with Crippen molar-refractivity contribution in [2.75, 3.05) is 4.41 Å². The molecule has 2 N–H and O–H groups in total. The van der Waals surface area contributed by atoms with E-state index in [2.05, 4.69) is 4.98 Å². The summed E-state index contributed by atoms with van der Waals surface area (Å²) in [6.07, 6.45) is 0. The third-order valence-corrected chi connectivity index (χ3v) is 6.22. The van der Waals surface area contributed by atoms with E-state index in [9.17, 15) is 8.42 Å². The topological polar surface area (TPSA) is 76.3 Å². The van der Waals surface area contributed by atoms with Crippen molar-refractivity contribution in [3.05, 3.63) is 77.3 Å². The minimum atomic E-state index is -3.96. The second-order valence-corrected chi connectivity index (χ2v) is 8.50. The molecule has 4 rings (SSSR count). The standard InChI is InChI=1S/C20H16ClN3O2S.ClH/c1-13-6-9-15(10-7-13)27(25,26)24(22)20-16-4-2-3-5-18(16)23-19-11-8-14(21)12-17(19)20;/h2-12H,22H2,1H3;1H. The summed E-state index contributed by atoms with van der Waals surface area (Å²) in [5, 5.41) is 1.67. The zero-order valence-electron chi connectivity index (χ0n) is 14.8. The van der Waals surface area contributed by atoms with Crippen LogP contribution >= 0.6 is 24.0 Å². The average Bonchev–Trinajstić information content (AvgIpc) is 2.66. The van der Waals surface area contributed by atoms with E-state index >= 15 is 0 Å². The maximum atomic E-state index is 13.2. The van der Waals surface area contributed by atoms with Gasteiger partial charge in [0.15, 0.2) is 0 Å². The van der Waals surface area contributed by atoms with E-state index in [1.54, 1.807) is 48.5 Å². The molecule has 0 atom stereocenters. The number of para-hydroxylation sites is 1. The molecule has 0 amide bonds. The highest BCUT2D eigenvalue weighted by molar-refractivity contribution is 7.92. The van der Waals surface area contributed by atoms with Gasteiger partial charge in [0.05, 0.1) is 21.6 Å². The molecule has 3 aromatic carbocycles. The molecule has 5 nitrogen and oxygen atoms in total. The molecule has 0 aliphatic carbocycles. The number of rotatable bonds is 3. The predicted octanol–water partition coefficient (Wildman–Crippen LogP) is 4.84. The third-order valence-electron chi connectivity index (χ3n) is 4.41. The number of benzene rings is 3. The zero-order chi connectivity index (χ0) is 19.2. The Morgan fingerprint density at radius 2 is 1.57 bits per heavy atom.